The van der Waals surface area contributed by atoms with Gasteiger partial charge >= 0.3 is 0 Å². The van der Waals surface area contributed by atoms with Crippen molar-refractivity contribution in [2.24, 2.45) is 0 Å². The maximum absolute atomic E-state index is 13.5. The summed E-state index contributed by atoms with van der Waals surface area (Å²) in [5.74, 6) is 1.41. The van der Waals surface area contributed by atoms with Gasteiger partial charge in [-0.2, -0.15) is 0 Å². The first-order valence-corrected chi connectivity index (χ1v) is 7.26. The van der Waals surface area contributed by atoms with Gasteiger partial charge in [-0.25, -0.2) is 4.39 Å². The van der Waals surface area contributed by atoms with Gasteiger partial charge in [0.2, 0.25) is 0 Å². The molecule has 0 aliphatic carbocycles. The van der Waals surface area contributed by atoms with Gasteiger partial charge in [0, 0.05) is 24.2 Å². The molecule has 0 fully saturated rings. The minimum Gasteiger partial charge on any atom is -0.399 e. The summed E-state index contributed by atoms with van der Waals surface area (Å²) in [6, 6.07) is 12.6. The first kappa shape index (κ1) is 13.0. The van der Waals surface area contributed by atoms with Gasteiger partial charge in [-0.1, -0.05) is 18.2 Å². The molecule has 0 spiro atoms. The molecular formula is C17H15FN4. The van der Waals surface area contributed by atoms with E-state index in [-0.39, 0.29) is 5.82 Å². The van der Waals surface area contributed by atoms with Gasteiger partial charge in [-0.05, 0) is 41.8 Å². The number of nitrogens with zero attached hydrogens (tertiary/aromatic N) is 3. The summed E-state index contributed by atoms with van der Waals surface area (Å²) in [5, 5.41) is 8.58. The Labute approximate surface area is 127 Å². The van der Waals surface area contributed by atoms with E-state index in [1.54, 1.807) is 6.07 Å². The van der Waals surface area contributed by atoms with Crippen molar-refractivity contribution in [3.05, 3.63) is 65.2 Å². The van der Waals surface area contributed by atoms with Crippen molar-refractivity contribution in [2.75, 3.05) is 5.73 Å². The van der Waals surface area contributed by atoms with Crippen LogP contribution in [0.25, 0.3) is 11.4 Å². The molecule has 0 saturated heterocycles. The Morgan fingerprint density at radius 2 is 1.91 bits per heavy atom. The average Bonchev–Trinajstić information content (AvgIpc) is 2.93. The Balaban J connectivity index is 1.72. The van der Waals surface area contributed by atoms with E-state index in [0.717, 1.165) is 47.0 Å². The van der Waals surface area contributed by atoms with Crippen LogP contribution in [-0.4, -0.2) is 14.8 Å². The smallest absolute Gasteiger partial charge is 0.164 e. The second kappa shape index (κ2) is 4.94. The van der Waals surface area contributed by atoms with Gasteiger partial charge in [-0.15, -0.1) is 10.2 Å². The van der Waals surface area contributed by atoms with E-state index in [2.05, 4.69) is 14.8 Å². The molecule has 0 bridgehead atoms. The zero-order chi connectivity index (χ0) is 15.1. The summed E-state index contributed by atoms with van der Waals surface area (Å²) in [6.07, 6.45) is 1.56. The van der Waals surface area contributed by atoms with Crippen LogP contribution < -0.4 is 5.73 Å². The monoisotopic (exact) mass is 294 g/mol. The lowest BCUT2D eigenvalue weighted by Crippen LogP contribution is -2.14. The molecule has 4 rings (SSSR count). The van der Waals surface area contributed by atoms with Gasteiger partial charge in [0.25, 0.3) is 0 Å². The van der Waals surface area contributed by atoms with E-state index in [9.17, 15) is 4.39 Å². The third kappa shape index (κ3) is 2.15. The molecule has 5 heteroatoms. The van der Waals surface area contributed by atoms with Crippen LogP contribution in [0.3, 0.4) is 0 Å². The van der Waals surface area contributed by atoms with Crippen LogP contribution in [0.2, 0.25) is 0 Å². The Bertz CT molecular complexity index is 836. The van der Waals surface area contributed by atoms with E-state index < -0.39 is 0 Å². The maximum atomic E-state index is 13.5. The van der Waals surface area contributed by atoms with Gasteiger partial charge in [0.1, 0.15) is 11.6 Å². The van der Waals surface area contributed by atoms with Crippen LogP contribution in [0.4, 0.5) is 10.1 Å². The number of rotatable bonds is 2. The average molecular weight is 294 g/mol. The molecule has 1 aliphatic rings. The summed E-state index contributed by atoms with van der Waals surface area (Å²) in [5.41, 5.74) is 9.56. The largest absolute Gasteiger partial charge is 0.399 e. The van der Waals surface area contributed by atoms with Crippen molar-refractivity contribution in [1.29, 1.82) is 0 Å². The predicted molar refractivity (Wildman–Crippen MR) is 82.8 cm³/mol. The fourth-order valence-electron chi connectivity index (χ4n) is 2.93. The van der Waals surface area contributed by atoms with Gasteiger partial charge in [0.15, 0.2) is 5.82 Å². The Kier molecular flexibility index (Phi) is 2.92. The van der Waals surface area contributed by atoms with Crippen molar-refractivity contribution in [3.63, 3.8) is 0 Å². The molecule has 22 heavy (non-hydrogen) atoms. The summed E-state index contributed by atoms with van der Waals surface area (Å²) in [4.78, 5) is 0. The lowest BCUT2D eigenvalue weighted by atomic mass is 10.0. The normalized spacial score (nSPS) is 12.8. The molecule has 1 aromatic heterocycles. The molecule has 0 radical (unpaired) electrons. The number of nitrogen functional groups attached to an aromatic ring is 1. The highest BCUT2D eigenvalue weighted by molar-refractivity contribution is 5.62. The predicted octanol–water partition coefficient (Wildman–Crippen LogP) is 2.81. The molecule has 110 valence electrons. The molecule has 3 aromatic rings. The fourth-order valence-corrected chi connectivity index (χ4v) is 2.93. The Morgan fingerprint density at radius 1 is 1.09 bits per heavy atom. The van der Waals surface area contributed by atoms with E-state index in [4.69, 9.17) is 5.73 Å². The quantitative estimate of drug-likeness (QED) is 0.739. The Morgan fingerprint density at radius 3 is 2.73 bits per heavy atom. The summed E-state index contributed by atoms with van der Waals surface area (Å²) in [7, 11) is 0. The molecule has 2 aromatic carbocycles. The number of benzene rings is 2. The van der Waals surface area contributed by atoms with E-state index in [1.807, 2.05) is 30.3 Å². The van der Waals surface area contributed by atoms with Gasteiger partial charge < -0.3 is 10.3 Å². The van der Waals surface area contributed by atoms with Gasteiger partial charge in [0.05, 0.1) is 0 Å². The third-order valence-electron chi connectivity index (χ3n) is 4.09. The third-order valence-corrected chi connectivity index (χ3v) is 4.09. The zero-order valence-corrected chi connectivity index (χ0v) is 12.0. The lowest BCUT2D eigenvalue weighted by Gasteiger charge is -2.18. The number of nitrogens with two attached hydrogens (primary N) is 1. The van der Waals surface area contributed by atoms with Crippen molar-refractivity contribution in [3.8, 4) is 11.4 Å². The van der Waals surface area contributed by atoms with Crippen LogP contribution in [0.15, 0.2) is 42.5 Å². The van der Waals surface area contributed by atoms with Crippen LogP contribution in [0.1, 0.15) is 17.0 Å². The first-order chi connectivity index (χ1) is 10.7. The minimum atomic E-state index is -0.240. The van der Waals surface area contributed by atoms with Crippen molar-refractivity contribution in [1.82, 2.24) is 14.8 Å². The number of aryl methyl sites for hydroxylation is 1. The maximum Gasteiger partial charge on any atom is 0.164 e. The van der Waals surface area contributed by atoms with Crippen LogP contribution in [0, 0.1) is 5.82 Å². The SMILES string of the molecule is Nc1ccc(Cc2nnc3n2CCc2ccc(F)cc2-3)cc1. The highest BCUT2D eigenvalue weighted by Crippen LogP contribution is 2.29. The van der Waals surface area contributed by atoms with Crippen LogP contribution in [0.5, 0.6) is 0 Å². The number of aromatic nitrogens is 3. The zero-order valence-electron chi connectivity index (χ0n) is 12.0. The highest BCUT2D eigenvalue weighted by Gasteiger charge is 2.21. The van der Waals surface area contributed by atoms with E-state index >= 15 is 0 Å². The Hall–Kier alpha value is -2.69. The summed E-state index contributed by atoms with van der Waals surface area (Å²) < 4.78 is 15.6. The second-order valence-corrected chi connectivity index (χ2v) is 5.56. The molecule has 0 atom stereocenters. The first-order valence-electron chi connectivity index (χ1n) is 7.26. The number of hydrogen-bond donors (Lipinski definition) is 1. The number of hydrogen-bond acceptors (Lipinski definition) is 3. The highest BCUT2D eigenvalue weighted by atomic mass is 19.1. The number of halogens is 1. The molecule has 0 amide bonds. The minimum absolute atomic E-state index is 0.240. The second-order valence-electron chi connectivity index (χ2n) is 5.56. The molecule has 2 heterocycles. The van der Waals surface area contributed by atoms with Crippen LogP contribution >= 0.6 is 0 Å². The number of fused-ring (bicyclic) bond motifs is 3. The molecule has 2 N–H and O–H groups in total. The van der Waals surface area contributed by atoms with Crippen molar-refractivity contribution >= 4 is 5.69 Å². The molecule has 0 unspecified atom stereocenters. The van der Waals surface area contributed by atoms with Crippen molar-refractivity contribution in [2.45, 2.75) is 19.4 Å². The van der Waals surface area contributed by atoms with E-state index in [0.29, 0.717) is 6.42 Å². The summed E-state index contributed by atoms with van der Waals surface area (Å²) in [6.45, 7) is 0.825. The molecule has 0 saturated carbocycles. The summed E-state index contributed by atoms with van der Waals surface area (Å²) >= 11 is 0. The van der Waals surface area contributed by atoms with Gasteiger partial charge in [-0.3, -0.25) is 0 Å². The molecule has 1 aliphatic heterocycles. The lowest BCUT2D eigenvalue weighted by molar-refractivity contribution is 0.618. The van der Waals surface area contributed by atoms with E-state index in [1.165, 1.54) is 6.07 Å². The van der Waals surface area contributed by atoms with Crippen LogP contribution in [-0.2, 0) is 19.4 Å². The van der Waals surface area contributed by atoms with Crippen molar-refractivity contribution < 1.29 is 4.39 Å². The molecule has 4 nitrogen and oxygen atoms in total. The standard InChI is InChI=1S/C17H15FN4/c18-13-4-3-12-7-8-22-16(20-21-17(22)15(12)10-13)9-11-1-5-14(19)6-2-11/h1-6,10H,7-9,19H2. The fraction of sp³-hybridized carbons (Fsp3) is 0.176. The topological polar surface area (TPSA) is 56.7 Å². The molecular weight excluding hydrogens is 279 g/mol. The number of anilines is 1.